The Hall–Kier alpha value is -2.85. The molecular weight excluding hydrogens is 628 g/mol. The molecule has 49 heavy (non-hydrogen) atoms. The van der Waals surface area contributed by atoms with Crippen molar-refractivity contribution in [2.24, 2.45) is 40.4 Å². The third-order valence-electron chi connectivity index (χ3n) is 12.4. The van der Waals surface area contributed by atoms with Crippen molar-refractivity contribution in [3.05, 3.63) is 35.5 Å². The quantitative estimate of drug-likeness (QED) is 0.0763. The fraction of sp³-hybridized carbons (Fsp3) is 0.769. The Morgan fingerprint density at radius 3 is 2.39 bits per heavy atom. The van der Waals surface area contributed by atoms with Gasteiger partial charge in [-0.3, -0.25) is 4.79 Å². The molecule has 0 aromatic rings. The van der Waals surface area contributed by atoms with Crippen LogP contribution in [-0.2, 0) is 38.0 Å². The topological polar surface area (TPSA) is 116 Å². The van der Waals surface area contributed by atoms with Crippen LogP contribution >= 0.6 is 0 Å². The minimum atomic E-state index is -0.742. The van der Waals surface area contributed by atoms with Crippen LogP contribution in [0.5, 0.6) is 0 Å². The van der Waals surface area contributed by atoms with Gasteiger partial charge in [0.05, 0.1) is 32.8 Å². The lowest BCUT2D eigenvalue weighted by molar-refractivity contribution is -0.144. The molecule has 0 aromatic carbocycles. The van der Waals surface area contributed by atoms with E-state index in [4.69, 9.17) is 33.2 Å². The maximum atomic E-state index is 12.8. The highest BCUT2D eigenvalue weighted by atomic mass is 16.7. The van der Waals surface area contributed by atoms with Crippen molar-refractivity contribution in [3.63, 3.8) is 0 Å². The van der Waals surface area contributed by atoms with Gasteiger partial charge in [0.2, 0.25) is 0 Å². The van der Waals surface area contributed by atoms with Crippen LogP contribution in [0.4, 0.5) is 9.59 Å². The maximum Gasteiger partial charge on any atom is 0.508 e. The lowest BCUT2D eigenvalue weighted by atomic mass is 9.49. The summed E-state index contributed by atoms with van der Waals surface area (Å²) in [4.78, 5) is 37.4. The average Bonchev–Trinajstić information content (AvgIpc) is 3.42. The maximum absolute atomic E-state index is 12.8. The average molecular weight is 689 g/mol. The van der Waals surface area contributed by atoms with Crippen LogP contribution in [0.25, 0.3) is 0 Å². The molecular formula is C39H60O10. The lowest BCUT2D eigenvalue weighted by Crippen LogP contribution is -2.54. The number of esters is 1. The predicted molar refractivity (Wildman–Crippen MR) is 184 cm³/mol. The summed E-state index contributed by atoms with van der Waals surface area (Å²) >= 11 is 0. The van der Waals surface area contributed by atoms with E-state index >= 15 is 0 Å². The highest BCUT2D eigenvalue weighted by molar-refractivity contribution is 5.70. The standard InChI is InChI=1S/C39H60O10/c1-10-46-34(40)21-26(13-11-12-19-37(3,4)47-24-43-7)25(2)30-16-17-31-29-15-14-27-22-28(48-35(41)44-8)23-33(49-36(42)45-9)39(27,6)32(29)18-20-38(30,31)5/h11,13-15,25-26,28,30-33H,10,12,16-24H2,1-9H3/b13-11+/t25-,26+,28+,30+,31-,32-,33-,38+,39-/m0/s1. The van der Waals surface area contributed by atoms with Gasteiger partial charge in [0.15, 0.2) is 0 Å². The number of methoxy groups -OCH3 is 3. The number of allylic oxidation sites excluding steroid dienone is 5. The highest BCUT2D eigenvalue weighted by Crippen LogP contribution is 2.66. The van der Waals surface area contributed by atoms with Crippen LogP contribution in [0.1, 0.15) is 99.3 Å². The van der Waals surface area contributed by atoms with Gasteiger partial charge in [0.25, 0.3) is 0 Å². The van der Waals surface area contributed by atoms with Crippen molar-refractivity contribution >= 4 is 18.3 Å². The molecule has 0 aliphatic heterocycles. The molecule has 0 N–H and O–H groups in total. The van der Waals surface area contributed by atoms with Gasteiger partial charge in [0.1, 0.15) is 19.0 Å². The van der Waals surface area contributed by atoms with Crippen LogP contribution in [0.3, 0.4) is 0 Å². The predicted octanol–water partition coefficient (Wildman–Crippen LogP) is 8.34. The SMILES string of the molecule is CCOC(=O)C[C@@H](/C=C/CCC(C)(C)OCOC)[C@H](C)[C@H]1CC[C@H]2C3=CC=C4C[C@@H](OC(=O)OC)C[C@H](OC(=O)OC)[C@]4(C)[C@H]3CC[C@]12C. The minimum Gasteiger partial charge on any atom is -0.466 e. The Morgan fingerprint density at radius 1 is 1.00 bits per heavy atom. The Kier molecular flexibility index (Phi) is 13.1. The molecule has 0 unspecified atom stereocenters. The zero-order chi connectivity index (χ0) is 36.0. The van der Waals surface area contributed by atoms with Crippen LogP contribution in [0.15, 0.2) is 35.5 Å². The molecule has 10 heteroatoms. The molecule has 0 amide bonds. The number of carbonyl (C=O) groups is 3. The van der Waals surface area contributed by atoms with E-state index in [2.05, 4.69) is 58.9 Å². The van der Waals surface area contributed by atoms with Crippen LogP contribution < -0.4 is 0 Å². The van der Waals surface area contributed by atoms with E-state index in [-0.39, 0.29) is 41.5 Å². The van der Waals surface area contributed by atoms with Crippen LogP contribution in [0.2, 0.25) is 0 Å². The summed E-state index contributed by atoms with van der Waals surface area (Å²) in [7, 11) is 4.23. The first-order valence-corrected chi connectivity index (χ1v) is 18.1. The first-order chi connectivity index (χ1) is 23.2. The largest absolute Gasteiger partial charge is 0.508 e. The van der Waals surface area contributed by atoms with Crippen molar-refractivity contribution in [1.29, 1.82) is 0 Å². The van der Waals surface area contributed by atoms with Crippen molar-refractivity contribution in [2.45, 2.75) is 117 Å². The van der Waals surface area contributed by atoms with Gasteiger partial charge in [-0.05, 0) is 94.3 Å². The fourth-order valence-electron chi connectivity index (χ4n) is 9.65. The summed E-state index contributed by atoms with van der Waals surface area (Å²) < 4.78 is 37.6. The van der Waals surface area contributed by atoms with Gasteiger partial charge in [-0.25, -0.2) is 9.59 Å². The highest BCUT2D eigenvalue weighted by Gasteiger charge is 2.60. The first kappa shape index (κ1) is 38.9. The second-order valence-electron chi connectivity index (χ2n) is 15.5. The van der Waals surface area contributed by atoms with E-state index in [1.54, 1.807) is 7.11 Å². The molecule has 0 aromatic heterocycles. The molecule has 9 atom stereocenters. The van der Waals surface area contributed by atoms with Crippen molar-refractivity contribution < 1.29 is 47.5 Å². The third-order valence-corrected chi connectivity index (χ3v) is 12.4. The molecule has 276 valence electrons. The molecule has 0 bridgehead atoms. The number of carbonyl (C=O) groups excluding carboxylic acids is 3. The molecule has 0 saturated heterocycles. The molecule has 4 aliphatic carbocycles. The van der Waals surface area contributed by atoms with E-state index in [9.17, 15) is 14.4 Å². The van der Waals surface area contributed by atoms with E-state index in [0.717, 1.165) is 44.1 Å². The Morgan fingerprint density at radius 2 is 1.71 bits per heavy atom. The number of hydrogen-bond donors (Lipinski definition) is 0. The second-order valence-corrected chi connectivity index (χ2v) is 15.5. The molecule has 4 aliphatic rings. The molecule has 10 nitrogen and oxygen atoms in total. The smallest absolute Gasteiger partial charge is 0.466 e. The Bertz CT molecular complexity index is 1270. The van der Waals surface area contributed by atoms with Crippen molar-refractivity contribution in [1.82, 2.24) is 0 Å². The van der Waals surface area contributed by atoms with Gasteiger partial charge in [-0.15, -0.1) is 0 Å². The summed E-state index contributed by atoms with van der Waals surface area (Å²) in [5.41, 5.74) is 1.86. The molecule has 3 saturated carbocycles. The summed E-state index contributed by atoms with van der Waals surface area (Å²) in [5, 5.41) is 0. The third kappa shape index (κ3) is 8.55. The second kappa shape index (κ2) is 16.4. The van der Waals surface area contributed by atoms with Gasteiger partial charge in [-0.2, -0.15) is 0 Å². The van der Waals surface area contributed by atoms with Gasteiger partial charge >= 0.3 is 18.3 Å². The van der Waals surface area contributed by atoms with Crippen LogP contribution in [-0.4, -0.2) is 70.8 Å². The van der Waals surface area contributed by atoms with E-state index in [0.29, 0.717) is 37.7 Å². The molecule has 0 spiro atoms. The number of ether oxygens (including phenoxy) is 7. The summed E-state index contributed by atoms with van der Waals surface area (Å²) in [6, 6.07) is 0. The Labute approximate surface area is 293 Å². The van der Waals surface area contributed by atoms with Gasteiger partial charge < -0.3 is 33.2 Å². The van der Waals surface area contributed by atoms with Crippen molar-refractivity contribution in [3.8, 4) is 0 Å². The zero-order valence-electron chi connectivity index (χ0n) is 31.2. The summed E-state index contributed by atoms with van der Waals surface area (Å²) in [6.45, 7) is 13.6. The van der Waals surface area contributed by atoms with Crippen molar-refractivity contribution in [2.75, 3.05) is 34.7 Å². The van der Waals surface area contributed by atoms with Gasteiger partial charge in [-0.1, -0.05) is 56.2 Å². The lowest BCUT2D eigenvalue weighted by Gasteiger charge is -2.57. The Balaban J connectivity index is 1.57. The van der Waals surface area contributed by atoms with Crippen LogP contribution in [0, 0.1) is 40.4 Å². The fourth-order valence-corrected chi connectivity index (χ4v) is 9.65. The van der Waals surface area contributed by atoms with E-state index in [1.807, 2.05) is 6.92 Å². The molecule has 3 fully saturated rings. The molecule has 0 radical (unpaired) electrons. The number of hydrogen-bond acceptors (Lipinski definition) is 10. The normalized spacial score (nSPS) is 32.1. The monoisotopic (exact) mass is 688 g/mol. The molecule has 4 rings (SSSR count). The number of rotatable bonds is 14. The number of fused-ring (bicyclic) bond motifs is 5. The summed E-state index contributed by atoms with van der Waals surface area (Å²) in [5.74, 6) is 1.17. The first-order valence-electron chi connectivity index (χ1n) is 18.1. The van der Waals surface area contributed by atoms with Gasteiger partial charge in [0, 0.05) is 25.4 Å². The minimum absolute atomic E-state index is 0.0596. The van der Waals surface area contributed by atoms with E-state index in [1.165, 1.54) is 19.8 Å². The molecule has 0 heterocycles. The summed E-state index contributed by atoms with van der Waals surface area (Å²) in [6.07, 6.45) is 13.6. The zero-order valence-corrected chi connectivity index (χ0v) is 31.2. The van der Waals surface area contributed by atoms with E-state index < -0.39 is 29.9 Å².